The number of benzene rings is 1. The molecule has 0 unspecified atom stereocenters. The van der Waals surface area contributed by atoms with Gasteiger partial charge in [-0.3, -0.25) is 5.43 Å². The van der Waals surface area contributed by atoms with E-state index in [2.05, 4.69) is 10.9 Å². The molecule has 1 amide bonds. The van der Waals surface area contributed by atoms with Crippen LogP contribution >= 0.6 is 11.6 Å². The molecule has 0 aliphatic carbocycles. The summed E-state index contributed by atoms with van der Waals surface area (Å²) in [5, 5.41) is 0.487. The summed E-state index contributed by atoms with van der Waals surface area (Å²) in [6, 6.07) is 3.59. The van der Waals surface area contributed by atoms with Gasteiger partial charge in [0.2, 0.25) is 0 Å². The molecule has 0 radical (unpaired) electrons. The molecule has 0 aromatic heterocycles. The summed E-state index contributed by atoms with van der Waals surface area (Å²) in [6.07, 6.45) is -0.536. The summed E-state index contributed by atoms with van der Waals surface area (Å²) in [6.45, 7) is 6.77. The van der Waals surface area contributed by atoms with E-state index in [1.165, 1.54) is 0 Å². The minimum Gasteiger partial charge on any atom is -0.486 e. The highest BCUT2D eigenvalue weighted by molar-refractivity contribution is 6.32. The molecular formula is C14H19ClN2O4. The molecule has 1 aromatic rings. The molecule has 1 aliphatic heterocycles. The highest BCUT2D eigenvalue weighted by Crippen LogP contribution is 2.38. The molecule has 1 aromatic carbocycles. The van der Waals surface area contributed by atoms with Crippen LogP contribution < -0.4 is 20.3 Å². The van der Waals surface area contributed by atoms with Crippen molar-refractivity contribution in [2.75, 3.05) is 13.2 Å². The largest absolute Gasteiger partial charge is 0.486 e. The maximum Gasteiger partial charge on any atom is 0.422 e. The number of nitrogens with one attached hydrogen (secondary N) is 2. The number of carbonyl (C=O) groups is 1. The molecule has 0 atom stereocenters. The van der Waals surface area contributed by atoms with E-state index in [1.807, 2.05) is 6.07 Å². The van der Waals surface area contributed by atoms with Crippen molar-refractivity contribution in [2.24, 2.45) is 0 Å². The number of halogens is 1. The van der Waals surface area contributed by atoms with Crippen LogP contribution in [-0.4, -0.2) is 24.9 Å². The van der Waals surface area contributed by atoms with E-state index < -0.39 is 11.7 Å². The topological polar surface area (TPSA) is 68.8 Å². The Kier molecular flexibility index (Phi) is 4.80. The average molecular weight is 315 g/mol. The lowest BCUT2D eigenvalue weighted by atomic mass is 10.2. The molecule has 0 fully saturated rings. The Bertz CT molecular complexity index is 528. The van der Waals surface area contributed by atoms with Gasteiger partial charge in [-0.25, -0.2) is 10.2 Å². The Hall–Kier alpha value is -1.66. The SMILES string of the molecule is CC(C)(C)OC(=O)NNCc1cc(Cl)c2c(c1)OCCO2. The smallest absolute Gasteiger partial charge is 0.422 e. The van der Waals surface area contributed by atoms with Gasteiger partial charge in [0.25, 0.3) is 0 Å². The lowest BCUT2D eigenvalue weighted by Gasteiger charge is -2.21. The number of fused-ring (bicyclic) bond motifs is 1. The van der Waals surface area contributed by atoms with Crippen LogP contribution in [0.3, 0.4) is 0 Å². The Balaban J connectivity index is 1.89. The van der Waals surface area contributed by atoms with Crippen molar-refractivity contribution >= 4 is 17.7 Å². The number of amides is 1. The van der Waals surface area contributed by atoms with E-state index in [-0.39, 0.29) is 0 Å². The minimum atomic E-state index is -0.536. The van der Waals surface area contributed by atoms with Crippen molar-refractivity contribution < 1.29 is 19.0 Å². The van der Waals surface area contributed by atoms with Gasteiger partial charge in [-0.2, -0.15) is 0 Å². The second-order valence-electron chi connectivity index (χ2n) is 5.58. The molecule has 21 heavy (non-hydrogen) atoms. The third-order valence-electron chi connectivity index (χ3n) is 2.54. The lowest BCUT2D eigenvalue weighted by Crippen LogP contribution is -2.40. The van der Waals surface area contributed by atoms with Gasteiger partial charge in [0, 0.05) is 6.54 Å². The highest BCUT2D eigenvalue weighted by Gasteiger charge is 2.17. The normalized spacial score (nSPS) is 13.7. The number of hydrazine groups is 1. The van der Waals surface area contributed by atoms with E-state index >= 15 is 0 Å². The van der Waals surface area contributed by atoms with E-state index in [9.17, 15) is 4.79 Å². The monoisotopic (exact) mass is 314 g/mol. The average Bonchev–Trinajstić information content (AvgIpc) is 2.36. The summed E-state index contributed by atoms with van der Waals surface area (Å²) >= 11 is 6.13. The van der Waals surface area contributed by atoms with Gasteiger partial charge < -0.3 is 14.2 Å². The standard InChI is InChI=1S/C14H19ClN2O4/c1-14(2,3)21-13(18)17-16-8-9-6-10(15)12-11(7-9)19-4-5-20-12/h6-7,16H,4-5,8H2,1-3H3,(H,17,18). The molecule has 0 spiro atoms. The van der Waals surface area contributed by atoms with Gasteiger partial charge in [-0.15, -0.1) is 0 Å². The predicted octanol–water partition coefficient (Wildman–Crippen LogP) is 2.64. The zero-order valence-electron chi connectivity index (χ0n) is 12.3. The van der Waals surface area contributed by atoms with Crippen LogP contribution in [0.2, 0.25) is 5.02 Å². The first-order valence-corrected chi connectivity index (χ1v) is 7.03. The van der Waals surface area contributed by atoms with Gasteiger partial charge in [0.1, 0.15) is 18.8 Å². The second-order valence-corrected chi connectivity index (χ2v) is 5.99. The fourth-order valence-corrected chi connectivity index (χ4v) is 2.08. The second kappa shape index (κ2) is 6.41. The van der Waals surface area contributed by atoms with Gasteiger partial charge in [0.05, 0.1) is 5.02 Å². The molecule has 1 aliphatic rings. The maximum atomic E-state index is 11.5. The molecule has 116 valence electrons. The van der Waals surface area contributed by atoms with E-state index in [1.54, 1.807) is 26.8 Å². The van der Waals surface area contributed by atoms with Gasteiger partial charge >= 0.3 is 6.09 Å². The molecular weight excluding hydrogens is 296 g/mol. The lowest BCUT2D eigenvalue weighted by molar-refractivity contribution is 0.0497. The highest BCUT2D eigenvalue weighted by atomic mass is 35.5. The predicted molar refractivity (Wildman–Crippen MR) is 78.7 cm³/mol. The molecule has 0 saturated carbocycles. The summed E-state index contributed by atoms with van der Waals surface area (Å²) in [4.78, 5) is 11.5. The van der Waals surface area contributed by atoms with Crippen molar-refractivity contribution in [1.29, 1.82) is 0 Å². The molecule has 2 N–H and O–H groups in total. The zero-order valence-corrected chi connectivity index (χ0v) is 13.0. The first-order valence-electron chi connectivity index (χ1n) is 6.65. The van der Waals surface area contributed by atoms with Crippen molar-refractivity contribution in [1.82, 2.24) is 10.9 Å². The van der Waals surface area contributed by atoms with Crippen LogP contribution in [0.25, 0.3) is 0 Å². The van der Waals surface area contributed by atoms with Gasteiger partial charge in [0.15, 0.2) is 11.5 Å². The third kappa shape index (κ3) is 4.68. The van der Waals surface area contributed by atoms with Crippen LogP contribution in [0.4, 0.5) is 4.79 Å². The molecule has 0 saturated heterocycles. The third-order valence-corrected chi connectivity index (χ3v) is 2.82. The first kappa shape index (κ1) is 15.7. The summed E-state index contributed by atoms with van der Waals surface area (Å²) in [5.74, 6) is 1.18. The van der Waals surface area contributed by atoms with Crippen LogP contribution in [0, 0.1) is 0 Å². The number of hydrogen-bond acceptors (Lipinski definition) is 5. The number of rotatable bonds is 3. The summed E-state index contributed by atoms with van der Waals surface area (Å²) in [7, 11) is 0. The fraction of sp³-hybridized carbons (Fsp3) is 0.500. The van der Waals surface area contributed by atoms with E-state index in [0.29, 0.717) is 36.3 Å². The van der Waals surface area contributed by atoms with Crippen molar-refractivity contribution in [3.8, 4) is 11.5 Å². The Labute approximate surface area is 128 Å². The van der Waals surface area contributed by atoms with Gasteiger partial charge in [-0.1, -0.05) is 11.6 Å². The van der Waals surface area contributed by atoms with Crippen molar-refractivity contribution in [3.05, 3.63) is 22.7 Å². The van der Waals surface area contributed by atoms with E-state index in [4.69, 9.17) is 25.8 Å². The van der Waals surface area contributed by atoms with Crippen molar-refractivity contribution in [2.45, 2.75) is 32.9 Å². The Morgan fingerprint density at radius 3 is 2.76 bits per heavy atom. The summed E-state index contributed by atoms with van der Waals surface area (Å²) < 4.78 is 16.0. The van der Waals surface area contributed by atoms with Crippen LogP contribution in [-0.2, 0) is 11.3 Å². The quantitative estimate of drug-likeness (QED) is 0.839. The van der Waals surface area contributed by atoms with E-state index in [0.717, 1.165) is 5.56 Å². The first-order chi connectivity index (χ1) is 9.85. The van der Waals surface area contributed by atoms with Gasteiger partial charge in [-0.05, 0) is 38.5 Å². The fourth-order valence-electron chi connectivity index (χ4n) is 1.79. The molecule has 7 heteroatoms. The molecule has 2 rings (SSSR count). The summed E-state index contributed by atoms with van der Waals surface area (Å²) in [5.41, 5.74) is 5.57. The number of ether oxygens (including phenoxy) is 3. The van der Waals surface area contributed by atoms with Crippen LogP contribution in [0.15, 0.2) is 12.1 Å². The number of hydrogen-bond donors (Lipinski definition) is 2. The van der Waals surface area contributed by atoms with Crippen LogP contribution in [0.1, 0.15) is 26.3 Å². The Morgan fingerprint density at radius 2 is 2.05 bits per heavy atom. The molecule has 6 nitrogen and oxygen atoms in total. The minimum absolute atomic E-state index is 0.385. The van der Waals surface area contributed by atoms with Crippen molar-refractivity contribution in [3.63, 3.8) is 0 Å². The molecule has 0 bridgehead atoms. The molecule has 1 heterocycles. The Morgan fingerprint density at radius 1 is 1.33 bits per heavy atom. The van der Waals surface area contributed by atoms with Crippen LogP contribution in [0.5, 0.6) is 11.5 Å². The maximum absolute atomic E-state index is 11.5. The zero-order chi connectivity index (χ0) is 15.5. The number of carbonyl (C=O) groups excluding carboxylic acids is 1.